The number of aromatic nitrogens is 1. The minimum atomic E-state index is -0.462. The van der Waals surface area contributed by atoms with Crippen LogP contribution in [0.1, 0.15) is 20.7 Å². The zero-order valence-electron chi connectivity index (χ0n) is 14.0. The normalized spacial score (nSPS) is 10.3. The number of hydrogen-bond donors (Lipinski definition) is 2. The molecule has 0 radical (unpaired) electrons. The molecule has 9 heteroatoms. The predicted molar refractivity (Wildman–Crippen MR) is 107 cm³/mol. The summed E-state index contributed by atoms with van der Waals surface area (Å²) in [5.74, 6) is -0.555. The molecule has 0 aliphatic heterocycles. The predicted octanol–water partition coefficient (Wildman–Crippen LogP) is 4.96. The van der Waals surface area contributed by atoms with E-state index >= 15 is 0 Å². The van der Waals surface area contributed by atoms with Crippen LogP contribution >= 0.6 is 34.5 Å². The number of rotatable bonds is 5. The third-order valence-electron chi connectivity index (χ3n) is 3.54. The lowest BCUT2D eigenvalue weighted by atomic mass is 10.1. The van der Waals surface area contributed by atoms with Gasteiger partial charge in [0.15, 0.2) is 10.9 Å². The Kier molecular flexibility index (Phi) is 5.95. The molecule has 0 bridgehead atoms. The summed E-state index contributed by atoms with van der Waals surface area (Å²) in [6, 6.07) is 9.53. The quantitative estimate of drug-likeness (QED) is 0.609. The first-order chi connectivity index (χ1) is 13.0. The van der Waals surface area contributed by atoms with E-state index < -0.39 is 5.91 Å². The molecule has 1 aromatic heterocycles. The zero-order valence-corrected chi connectivity index (χ0v) is 16.3. The number of thiazole rings is 1. The van der Waals surface area contributed by atoms with Gasteiger partial charge in [-0.1, -0.05) is 35.3 Å². The van der Waals surface area contributed by atoms with Crippen LogP contribution in [0.3, 0.4) is 0 Å². The minimum Gasteiger partial charge on any atom is -0.494 e. The van der Waals surface area contributed by atoms with Crippen LogP contribution in [0, 0.1) is 0 Å². The molecular weight excluding hydrogens is 409 g/mol. The van der Waals surface area contributed by atoms with Gasteiger partial charge in [0.1, 0.15) is 0 Å². The smallest absolute Gasteiger partial charge is 0.259 e. The molecule has 27 heavy (non-hydrogen) atoms. The molecule has 0 fully saturated rings. The molecule has 2 amide bonds. The molecule has 0 aliphatic rings. The van der Waals surface area contributed by atoms with Crippen molar-refractivity contribution in [1.29, 1.82) is 0 Å². The number of para-hydroxylation sites is 1. The molecular formula is C18H13Cl2N3O3S. The first-order valence-corrected chi connectivity index (χ1v) is 9.27. The Morgan fingerprint density at radius 3 is 2.41 bits per heavy atom. The summed E-state index contributed by atoms with van der Waals surface area (Å²) >= 11 is 13.5. The fourth-order valence-electron chi connectivity index (χ4n) is 2.32. The number of amides is 2. The molecule has 0 aliphatic carbocycles. The summed E-state index contributed by atoms with van der Waals surface area (Å²) in [6.07, 6.45) is 1.59. The van der Waals surface area contributed by atoms with Crippen LogP contribution in [0.25, 0.3) is 0 Å². The first kappa shape index (κ1) is 19.2. The highest BCUT2D eigenvalue weighted by Gasteiger charge is 2.17. The SMILES string of the molecule is COc1c(Cl)cc(C(=O)Nc2ccccc2C(=O)Nc2nccs2)cc1Cl. The minimum absolute atomic E-state index is 0.213. The molecule has 0 saturated heterocycles. The average molecular weight is 422 g/mol. The van der Waals surface area contributed by atoms with E-state index in [-0.39, 0.29) is 27.3 Å². The van der Waals surface area contributed by atoms with Crippen LogP contribution < -0.4 is 15.4 Å². The number of halogens is 2. The summed E-state index contributed by atoms with van der Waals surface area (Å²) in [6.45, 7) is 0. The molecule has 6 nitrogen and oxygen atoms in total. The highest BCUT2D eigenvalue weighted by Crippen LogP contribution is 2.34. The van der Waals surface area contributed by atoms with E-state index in [1.54, 1.807) is 35.8 Å². The first-order valence-electron chi connectivity index (χ1n) is 7.64. The number of carbonyl (C=O) groups is 2. The summed E-state index contributed by atoms with van der Waals surface area (Å²) < 4.78 is 5.08. The second-order valence-corrected chi connectivity index (χ2v) is 6.97. The van der Waals surface area contributed by atoms with Crippen molar-refractivity contribution in [2.45, 2.75) is 0 Å². The van der Waals surface area contributed by atoms with Crippen molar-refractivity contribution in [3.05, 3.63) is 69.1 Å². The summed E-state index contributed by atoms with van der Waals surface area (Å²) in [7, 11) is 1.43. The van der Waals surface area contributed by atoms with E-state index in [1.807, 2.05) is 0 Å². The maximum absolute atomic E-state index is 12.6. The second-order valence-electron chi connectivity index (χ2n) is 5.26. The van der Waals surface area contributed by atoms with Gasteiger partial charge in [-0.15, -0.1) is 11.3 Å². The van der Waals surface area contributed by atoms with Crippen LogP contribution in [-0.2, 0) is 0 Å². The lowest BCUT2D eigenvalue weighted by Gasteiger charge is -2.12. The van der Waals surface area contributed by atoms with Crippen molar-refractivity contribution in [2.75, 3.05) is 17.7 Å². The number of nitrogens with one attached hydrogen (secondary N) is 2. The van der Waals surface area contributed by atoms with Crippen molar-refractivity contribution in [1.82, 2.24) is 4.98 Å². The number of hydrogen-bond acceptors (Lipinski definition) is 5. The number of nitrogens with zero attached hydrogens (tertiary/aromatic N) is 1. The van der Waals surface area contributed by atoms with Crippen molar-refractivity contribution in [3.8, 4) is 5.75 Å². The number of carbonyl (C=O) groups excluding carboxylic acids is 2. The molecule has 1 heterocycles. The average Bonchev–Trinajstić information content (AvgIpc) is 3.14. The van der Waals surface area contributed by atoms with Gasteiger partial charge in [-0.05, 0) is 24.3 Å². The Labute approximate surface area is 169 Å². The van der Waals surface area contributed by atoms with Gasteiger partial charge < -0.3 is 10.1 Å². The number of methoxy groups -OCH3 is 1. The van der Waals surface area contributed by atoms with Crippen molar-refractivity contribution in [2.24, 2.45) is 0 Å². The van der Waals surface area contributed by atoms with Crippen molar-refractivity contribution in [3.63, 3.8) is 0 Å². The number of ether oxygens (including phenoxy) is 1. The van der Waals surface area contributed by atoms with Gasteiger partial charge in [-0.25, -0.2) is 4.98 Å². The van der Waals surface area contributed by atoms with Gasteiger partial charge in [-0.2, -0.15) is 0 Å². The van der Waals surface area contributed by atoms with Crippen LogP contribution in [0.15, 0.2) is 48.0 Å². The van der Waals surface area contributed by atoms with Crippen molar-refractivity contribution >= 4 is 57.2 Å². The molecule has 0 spiro atoms. The molecule has 3 aromatic rings. The van der Waals surface area contributed by atoms with Crippen molar-refractivity contribution < 1.29 is 14.3 Å². The summed E-state index contributed by atoms with van der Waals surface area (Å²) in [5.41, 5.74) is 0.882. The highest BCUT2D eigenvalue weighted by atomic mass is 35.5. The zero-order chi connectivity index (χ0) is 19.4. The fourth-order valence-corrected chi connectivity index (χ4v) is 3.49. The van der Waals surface area contributed by atoms with Gasteiger partial charge >= 0.3 is 0 Å². The standard InChI is InChI=1S/C18H13Cl2N3O3S/c1-26-15-12(19)8-10(9-13(15)20)16(24)22-14-5-3-2-4-11(14)17(25)23-18-21-6-7-27-18/h2-9H,1H3,(H,22,24)(H,21,23,25). The highest BCUT2D eigenvalue weighted by molar-refractivity contribution is 7.13. The third kappa shape index (κ3) is 4.39. The summed E-state index contributed by atoms with van der Waals surface area (Å²) in [4.78, 5) is 29.1. The van der Waals surface area contributed by atoms with Crippen LogP contribution in [0.4, 0.5) is 10.8 Å². The van der Waals surface area contributed by atoms with E-state index in [1.165, 1.54) is 30.6 Å². The number of anilines is 2. The fraction of sp³-hybridized carbons (Fsp3) is 0.0556. The van der Waals surface area contributed by atoms with Gasteiger partial charge in [0.2, 0.25) is 0 Å². The molecule has 2 N–H and O–H groups in total. The van der Waals surface area contributed by atoms with Gasteiger partial charge in [0, 0.05) is 17.1 Å². The Morgan fingerprint density at radius 1 is 1.07 bits per heavy atom. The Balaban J connectivity index is 1.84. The van der Waals surface area contributed by atoms with Crippen LogP contribution in [0.2, 0.25) is 10.0 Å². The molecule has 0 atom stereocenters. The van der Waals surface area contributed by atoms with Crippen LogP contribution in [0.5, 0.6) is 5.75 Å². The van der Waals surface area contributed by atoms with E-state index in [0.717, 1.165) is 0 Å². The van der Waals surface area contributed by atoms with E-state index in [9.17, 15) is 9.59 Å². The second kappa shape index (κ2) is 8.39. The molecule has 3 rings (SSSR count). The Morgan fingerprint density at radius 2 is 1.78 bits per heavy atom. The Hall–Kier alpha value is -2.61. The third-order valence-corrected chi connectivity index (χ3v) is 4.79. The number of benzene rings is 2. The molecule has 138 valence electrons. The van der Waals surface area contributed by atoms with Crippen LogP contribution in [-0.4, -0.2) is 23.9 Å². The Bertz CT molecular complexity index is 970. The topological polar surface area (TPSA) is 80.3 Å². The largest absolute Gasteiger partial charge is 0.494 e. The lowest BCUT2D eigenvalue weighted by Crippen LogP contribution is -2.18. The van der Waals surface area contributed by atoms with Gasteiger partial charge in [0.25, 0.3) is 11.8 Å². The summed E-state index contributed by atoms with van der Waals surface area (Å²) in [5, 5.41) is 8.03. The van der Waals surface area contributed by atoms with E-state index in [0.29, 0.717) is 16.4 Å². The maximum Gasteiger partial charge on any atom is 0.259 e. The van der Waals surface area contributed by atoms with Gasteiger partial charge in [-0.3, -0.25) is 14.9 Å². The molecule has 0 saturated carbocycles. The van der Waals surface area contributed by atoms with E-state index in [2.05, 4.69) is 15.6 Å². The van der Waals surface area contributed by atoms with Gasteiger partial charge in [0.05, 0.1) is 28.4 Å². The molecule has 2 aromatic carbocycles. The van der Waals surface area contributed by atoms with E-state index in [4.69, 9.17) is 27.9 Å². The monoisotopic (exact) mass is 421 g/mol. The maximum atomic E-state index is 12.6. The molecule has 0 unspecified atom stereocenters. The lowest BCUT2D eigenvalue weighted by molar-refractivity contribution is 0.102.